The number of benzene rings is 2. The van der Waals surface area contributed by atoms with Gasteiger partial charge in [0.05, 0.1) is 10.9 Å². The van der Waals surface area contributed by atoms with Crippen LogP contribution < -0.4 is 5.56 Å². The number of fused-ring (bicyclic) bond motifs is 1. The Balaban J connectivity index is 2.24. The molecule has 19 heavy (non-hydrogen) atoms. The summed E-state index contributed by atoms with van der Waals surface area (Å²) in [4.78, 5) is 19.2. The molecular formula is C14H9IN2O2. The Labute approximate surface area is 122 Å². The second-order valence-corrected chi connectivity index (χ2v) is 5.37. The standard InChI is InChI=1S/C14H9IN2O2/c15-9-3-6-12-11(7-9)14(19)17-13(16-12)8-1-4-10(18)5-2-8/h1-7,18H,(H,16,17,19)/i15-2. The van der Waals surface area contributed by atoms with Crippen LogP contribution in [-0.2, 0) is 0 Å². The molecule has 94 valence electrons. The molecule has 0 radical (unpaired) electrons. The summed E-state index contributed by atoms with van der Waals surface area (Å²) in [5.41, 5.74) is 1.26. The molecule has 0 saturated heterocycles. The van der Waals surface area contributed by atoms with Crippen LogP contribution in [0.15, 0.2) is 47.3 Å². The van der Waals surface area contributed by atoms with E-state index >= 15 is 0 Å². The van der Waals surface area contributed by atoms with Gasteiger partial charge in [0.15, 0.2) is 0 Å². The second-order valence-electron chi connectivity index (χ2n) is 4.12. The molecule has 2 aromatic carbocycles. The molecule has 0 atom stereocenters. The van der Waals surface area contributed by atoms with Crippen molar-refractivity contribution in [1.29, 1.82) is 0 Å². The molecule has 5 heteroatoms. The highest BCUT2D eigenvalue weighted by Gasteiger charge is 2.06. The highest BCUT2D eigenvalue weighted by atomic mass is 125. The molecule has 0 amide bonds. The first kappa shape index (κ1) is 12.2. The van der Waals surface area contributed by atoms with Gasteiger partial charge >= 0.3 is 0 Å². The van der Waals surface area contributed by atoms with E-state index in [1.165, 1.54) is 0 Å². The van der Waals surface area contributed by atoms with Gasteiger partial charge in [-0.15, -0.1) is 0 Å². The molecule has 4 nitrogen and oxygen atoms in total. The number of aromatic hydroxyl groups is 1. The summed E-state index contributed by atoms with van der Waals surface area (Å²) in [5, 5.41) is 9.85. The largest absolute Gasteiger partial charge is 0.508 e. The summed E-state index contributed by atoms with van der Waals surface area (Å²) in [7, 11) is 0. The number of phenolic OH excluding ortho intramolecular Hbond substituents is 1. The average molecular weight is 362 g/mol. The van der Waals surface area contributed by atoms with Crippen molar-refractivity contribution in [2.24, 2.45) is 0 Å². The Morgan fingerprint density at radius 1 is 1.11 bits per heavy atom. The molecule has 0 aliphatic carbocycles. The van der Waals surface area contributed by atoms with Crippen molar-refractivity contribution in [3.63, 3.8) is 0 Å². The van der Waals surface area contributed by atoms with Gasteiger partial charge in [-0.05, 0) is 65.1 Å². The van der Waals surface area contributed by atoms with Gasteiger partial charge in [0, 0.05) is 9.13 Å². The number of H-pyrrole nitrogens is 1. The number of aromatic amines is 1. The summed E-state index contributed by atoms with van der Waals surface area (Å²) in [6, 6.07) is 12.1. The molecule has 0 aliphatic heterocycles. The van der Waals surface area contributed by atoms with Gasteiger partial charge in [0.25, 0.3) is 5.56 Å². The molecule has 0 spiro atoms. The number of nitrogens with one attached hydrogen (secondary N) is 1. The van der Waals surface area contributed by atoms with E-state index in [4.69, 9.17) is 0 Å². The van der Waals surface area contributed by atoms with E-state index in [-0.39, 0.29) is 11.3 Å². The van der Waals surface area contributed by atoms with E-state index in [0.29, 0.717) is 16.7 Å². The van der Waals surface area contributed by atoms with Crippen LogP contribution in [0.5, 0.6) is 5.75 Å². The maximum Gasteiger partial charge on any atom is 0.259 e. The van der Waals surface area contributed by atoms with Gasteiger partial charge in [-0.3, -0.25) is 4.79 Å². The molecule has 0 aliphatic rings. The van der Waals surface area contributed by atoms with Gasteiger partial charge in [-0.1, -0.05) is 0 Å². The first-order valence-corrected chi connectivity index (χ1v) is 6.70. The fourth-order valence-electron chi connectivity index (χ4n) is 1.87. The third-order valence-corrected chi connectivity index (χ3v) is 3.48. The lowest BCUT2D eigenvalue weighted by molar-refractivity contribution is 0.475. The number of aromatic nitrogens is 2. The summed E-state index contributed by atoms with van der Waals surface area (Å²) >= 11 is 2.16. The average Bonchev–Trinajstić information content (AvgIpc) is 2.40. The zero-order chi connectivity index (χ0) is 13.4. The number of hydrogen-bond donors (Lipinski definition) is 2. The van der Waals surface area contributed by atoms with Crippen LogP contribution in [0, 0.1) is 3.57 Å². The first-order valence-electron chi connectivity index (χ1n) is 5.62. The summed E-state index contributed by atoms with van der Waals surface area (Å²) in [5.74, 6) is 0.681. The van der Waals surface area contributed by atoms with Crippen LogP contribution in [-0.4, -0.2) is 15.1 Å². The molecule has 0 bridgehead atoms. The van der Waals surface area contributed by atoms with Gasteiger partial charge < -0.3 is 10.1 Å². The topological polar surface area (TPSA) is 66.0 Å². The highest BCUT2D eigenvalue weighted by Crippen LogP contribution is 2.19. The van der Waals surface area contributed by atoms with Crippen molar-refractivity contribution >= 4 is 33.5 Å². The molecule has 0 unspecified atom stereocenters. The van der Waals surface area contributed by atoms with Crippen molar-refractivity contribution < 1.29 is 5.11 Å². The lowest BCUT2D eigenvalue weighted by Gasteiger charge is -2.03. The molecule has 3 aromatic rings. The Morgan fingerprint density at radius 3 is 2.58 bits per heavy atom. The predicted molar refractivity (Wildman–Crippen MR) is 82.2 cm³/mol. The monoisotopic (exact) mass is 362 g/mol. The normalized spacial score (nSPS) is 10.8. The summed E-state index contributed by atoms with van der Waals surface area (Å²) in [6.07, 6.45) is 0. The zero-order valence-corrected chi connectivity index (χ0v) is 11.9. The minimum absolute atomic E-state index is 0.161. The third kappa shape index (κ3) is 2.33. The lowest BCUT2D eigenvalue weighted by Crippen LogP contribution is -2.09. The maximum absolute atomic E-state index is 12.0. The Bertz CT molecular complexity index is 810. The van der Waals surface area contributed by atoms with Crippen LogP contribution >= 0.6 is 22.6 Å². The molecule has 2 N–H and O–H groups in total. The van der Waals surface area contributed by atoms with E-state index in [1.54, 1.807) is 24.3 Å². The number of rotatable bonds is 1. The molecular weight excluding hydrogens is 353 g/mol. The lowest BCUT2D eigenvalue weighted by atomic mass is 10.2. The maximum atomic E-state index is 12.0. The van der Waals surface area contributed by atoms with Crippen molar-refractivity contribution in [1.82, 2.24) is 9.97 Å². The number of phenols is 1. The first-order chi connectivity index (χ1) is 9.13. The highest BCUT2D eigenvalue weighted by molar-refractivity contribution is 14.1. The van der Waals surface area contributed by atoms with Crippen LogP contribution in [0.2, 0.25) is 0 Å². The Kier molecular flexibility index (Phi) is 2.98. The van der Waals surface area contributed by atoms with Gasteiger partial charge in [-0.2, -0.15) is 0 Å². The quantitative estimate of drug-likeness (QED) is 0.655. The summed E-state index contributed by atoms with van der Waals surface area (Å²) in [6.45, 7) is 0. The predicted octanol–water partition coefficient (Wildman–Crippen LogP) is 2.90. The van der Waals surface area contributed by atoms with Crippen LogP contribution in [0.4, 0.5) is 0 Å². The number of halogens is 1. The van der Waals surface area contributed by atoms with E-state index in [2.05, 4.69) is 32.6 Å². The van der Waals surface area contributed by atoms with Gasteiger partial charge in [-0.25, -0.2) is 4.98 Å². The minimum Gasteiger partial charge on any atom is -0.508 e. The second kappa shape index (κ2) is 4.65. The smallest absolute Gasteiger partial charge is 0.259 e. The molecule has 3 rings (SSSR count). The fourth-order valence-corrected chi connectivity index (χ4v) is 2.36. The van der Waals surface area contributed by atoms with Crippen LogP contribution in [0.1, 0.15) is 0 Å². The van der Waals surface area contributed by atoms with Crippen molar-refractivity contribution in [2.75, 3.05) is 0 Å². The molecule has 0 saturated carbocycles. The van der Waals surface area contributed by atoms with E-state index in [0.717, 1.165) is 9.13 Å². The molecule has 1 aromatic heterocycles. The van der Waals surface area contributed by atoms with Crippen molar-refractivity contribution in [3.8, 4) is 17.1 Å². The van der Waals surface area contributed by atoms with Crippen molar-refractivity contribution in [2.45, 2.75) is 0 Å². The zero-order valence-electron chi connectivity index (χ0n) is 9.72. The fraction of sp³-hybridized carbons (Fsp3) is 0. The van der Waals surface area contributed by atoms with E-state index in [9.17, 15) is 9.90 Å². The summed E-state index contributed by atoms with van der Waals surface area (Å²) < 4.78 is 0.995. The minimum atomic E-state index is -0.161. The molecule has 1 heterocycles. The van der Waals surface area contributed by atoms with Crippen LogP contribution in [0.25, 0.3) is 22.3 Å². The van der Waals surface area contributed by atoms with Gasteiger partial charge in [0.2, 0.25) is 0 Å². The Morgan fingerprint density at radius 2 is 1.84 bits per heavy atom. The number of hydrogen-bond acceptors (Lipinski definition) is 3. The van der Waals surface area contributed by atoms with Crippen molar-refractivity contribution in [3.05, 3.63) is 56.4 Å². The third-order valence-electron chi connectivity index (χ3n) is 2.81. The van der Waals surface area contributed by atoms with E-state index < -0.39 is 0 Å². The Hall–Kier alpha value is -1.89. The SMILES string of the molecule is O=c1[nH]c(-c2ccc(O)cc2)nc2ccc([125I])cc12. The molecule has 0 fully saturated rings. The van der Waals surface area contributed by atoms with Crippen LogP contribution in [0.3, 0.4) is 0 Å². The van der Waals surface area contributed by atoms with E-state index in [1.807, 2.05) is 18.2 Å². The number of nitrogens with zero attached hydrogens (tertiary/aromatic N) is 1. The van der Waals surface area contributed by atoms with Gasteiger partial charge in [0.1, 0.15) is 11.6 Å².